The smallest absolute Gasteiger partial charge is 0.259 e. The van der Waals surface area contributed by atoms with Crippen molar-refractivity contribution in [3.8, 4) is 5.75 Å². The third-order valence-electron chi connectivity index (χ3n) is 7.26. The first-order chi connectivity index (χ1) is 17.8. The highest BCUT2D eigenvalue weighted by molar-refractivity contribution is 6.12. The highest BCUT2D eigenvalue weighted by atomic mass is 16.5. The van der Waals surface area contributed by atoms with Gasteiger partial charge >= 0.3 is 0 Å². The second-order valence-electron chi connectivity index (χ2n) is 10.8. The minimum absolute atomic E-state index is 0.00921. The summed E-state index contributed by atoms with van der Waals surface area (Å²) in [5.41, 5.74) is 4.25. The minimum Gasteiger partial charge on any atom is -0.490 e. The number of para-hydroxylation sites is 3. The lowest BCUT2D eigenvalue weighted by atomic mass is 9.73. The number of amides is 1. The van der Waals surface area contributed by atoms with E-state index >= 15 is 0 Å². The first-order valence-corrected chi connectivity index (χ1v) is 13.1. The van der Waals surface area contributed by atoms with Gasteiger partial charge in [-0.2, -0.15) is 0 Å². The molecule has 0 bridgehead atoms. The number of ketones is 1. The molecule has 0 unspecified atom stereocenters. The van der Waals surface area contributed by atoms with Crippen molar-refractivity contribution >= 4 is 23.1 Å². The third kappa shape index (κ3) is 4.78. The maximum atomic E-state index is 14.3. The number of nitrogens with zero attached hydrogens (tertiary/aromatic N) is 1. The number of Topliss-reactive ketones (excluding diaryl/α,β-unsaturated/α-hetero) is 1. The van der Waals surface area contributed by atoms with E-state index in [1.54, 1.807) is 4.90 Å². The number of fused-ring (bicyclic) bond motifs is 1. The van der Waals surface area contributed by atoms with E-state index in [1.165, 1.54) is 0 Å². The summed E-state index contributed by atoms with van der Waals surface area (Å²) in [6.07, 6.45) is 1.96. The van der Waals surface area contributed by atoms with Crippen molar-refractivity contribution in [2.75, 3.05) is 10.2 Å². The average molecular weight is 495 g/mol. The van der Waals surface area contributed by atoms with Crippen molar-refractivity contribution in [2.45, 2.75) is 59.1 Å². The fourth-order valence-corrected chi connectivity index (χ4v) is 5.34. The molecule has 1 amide bonds. The van der Waals surface area contributed by atoms with E-state index in [0.29, 0.717) is 29.7 Å². The summed E-state index contributed by atoms with van der Waals surface area (Å²) in [7, 11) is 0. The first kappa shape index (κ1) is 24.8. The molecular weight excluding hydrogens is 460 g/mol. The van der Waals surface area contributed by atoms with Crippen LogP contribution in [0.5, 0.6) is 5.75 Å². The summed E-state index contributed by atoms with van der Waals surface area (Å²) in [5, 5.41) is 3.58. The largest absolute Gasteiger partial charge is 0.490 e. The Balaban J connectivity index is 1.80. The molecule has 1 N–H and O–H groups in total. The maximum Gasteiger partial charge on any atom is 0.259 e. The number of allylic oxidation sites excluding steroid dienone is 1. The van der Waals surface area contributed by atoms with Crippen LogP contribution in [-0.4, -0.2) is 17.8 Å². The second-order valence-corrected chi connectivity index (χ2v) is 10.8. The average Bonchev–Trinajstić information content (AvgIpc) is 3.02. The number of carbonyl (C=O) groups is 2. The van der Waals surface area contributed by atoms with Crippen LogP contribution in [0.25, 0.3) is 0 Å². The summed E-state index contributed by atoms with van der Waals surface area (Å²) in [5.74, 6) is 0.585. The lowest BCUT2D eigenvalue weighted by molar-refractivity contribution is -0.118. The summed E-state index contributed by atoms with van der Waals surface area (Å²) in [6.45, 7) is 8.36. The van der Waals surface area contributed by atoms with Crippen LogP contribution in [0.15, 0.2) is 90.1 Å². The van der Waals surface area contributed by atoms with Gasteiger partial charge in [-0.25, -0.2) is 0 Å². The summed E-state index contributed by atoms with van der Waals surface area (Å²) >= 11 is 0. The fourth-order valence-electron chi connectivity index (χ4n) is 5.34. The predicted molar refractivity (Wildman–Crippen MR) is 148 cm³/mol. The number of hydrogen-bond donors (Lipinski definition) is 1. The molecular formula is C32H34N2O3. The van der Waals surface area contributed by atoms with Gasteiger partial charge in [0, 0.05) is 28.8 Å². The summed E-state index contributed by atoms with van der Waals surface area (Å²) in [4.78, 5) is 30.1. The van der Waals surface area contributed by atoms with E-state index < -0.39 is 6.04 Å². The highest BCUT2D eigenvalue weighted by Gasteiger charge is 2.44. The molecule has 0 aromatic heterocycles. The summed E-state index contributed by atoms with van der Waals surface area (Å²) in [6, 6.07) is 24.3. The highest BCUT2D eigenvalue weighted by Crippen LogP contribution is 2.50. The van der Waals surface area contributed by atoms with Crippen molar-refractivity contribution in [1.82, 2.24) is 0 Å². The maximum absolute atomic E-state index is 14.3. The van der Waals surface area contributed by atoms with E-state index in [0.717, 1.165) is 29.1 Å². The molecule has 0 saturated heterocycles. The van der Waals surface area contributed by atoms with Gasteiger partial charge in [0.1, 0.15) is 5.75 Å². The SMILES string of the molecule is CC[C@H](C)Oc1ccccc1[C@@H]1C2=C(CC(C)(C)CC2=O)Nc2ccccc2N1C(=O)c1ccccc1. The van der Waals surface area contributed by atoms with E-state index in [9.17, 15) is 9.59 Å². The van der Waals surface area contributed by atoms with Gasteiger partial charge < -0.3 is 10.1 Å². The van der Waals surface area contributed by atoms with E-state index in [2.05, 4.69) is 26.1 Å². The zero-order valence-electron chi connectivity index (χ0n) is 22.0. The van der Waals surface area contributed by atoms with E-state index in [4.69, 9.17) is 4.74 Å². The van der Waals surface area contributed by atoms with Crippen LogP contribution >= 0.6 is 0 Å². The molecule has 0 spiro atoms. The summed E-state index contributed by atoms with van der Waals surface area (Å²) < 4.78 is 6.37. The monoisotopic (exact) mass is 494 g/mol. The van der Waals surface area contributed by atoms with Gasteiger partial charge in [0.05, 0.1) is 23.5 Å². The molecule has 2 aliphatic rings. The van der Waals surface area contributed by atoms with Crippen LogP contribution in [0.3, 0.4) is 0 Å². The molecule has 1 heterocycles. The van der Waals surface area contributed by atoms with Gasteiger partial charge in [0.2, 0.25) is 0 Å². The van der Waals surface area contributed by atoms with Crippen LogP contribution in [0.2, 0.25) is 0 Å². The number of rotatable bonds is 5. The molecule has 3 aromatic carbocycles. The van der Waals surface area contributed by atoms with E-state index in [-0.39, 0.29) is 23.2 Å². The van der Waals surface area contributed by atoms with E-state index in [1.807, 2.05) is 85.8 Å². The van der Waals surface area contributed by atoms with Gasteiger partial charge in [-0.05, 0) is 55.5 Å². The molecule has 0 fully saturated rings. The Morgan fingerprint density at radius 1 is 1.00 bits per heavy atom. The number of hydrogen-bond acceptors (Lipinski definition) is 4. The topological polar surface area (TPSA) is 58.6 Å². The van der Waals surface area contributed by atoms with Gasteiger partial charge in [-0.15, -0.1) is 0 Å². The van der Waals surface area contributed by atoms with Gasteiger partial charge in [-0.3, -0.25) is 14.5 Å². The number of anilines is 2. The van der Waals surface area contributed by atoms with Gasteiger partial charge in [0.25, 0.3) is 5.91 Å². The molecule has 190 valence electrons. The van der Waals surface area contributed by atoms with Crippen LogP contribution in [-0.2, 0) is 4.79 Å². The standard InChI is InChI=1S/C32H34N2O3/c1-5-21(2)37-28-18-12-9-15-23(28)30-29-25(19-32(3,4)20-27(29)35)33-24-16-10-11-17-26(24)34(30)31(36)22-13-7-6-8-14-22/h6-18,21,30,33H,5,19-20H2,1-4H3/t21-,30+/m0/s1. The number of carbonyl (C=O) groups excluding carboxylic acids is 2. The Morgan fingerprint density at radius 2 is 1.68 bits per heavy atom. The van der Waals surface area contributed by atoms with Crippen molar-refractivity contribution in [3.05, 3.63) is 101 Å². The second kappa shape index (κ2) is 9.89. The van der Waals surface area contributed by atoms with Gasteiger partial charge in [0.15, 0.2) is 5.78 Å². The Morgan fingerprint density at radius 3 is 2.43 bits per heavy atom. The lowest BCUT2D eigenvalue weighted by Gasteiger charge is -2.37. The van der Waals surface area contributed by atoms with Crippen molar-refractivity contribution in [3.63, 3.8) is 0 Å². The zero-order valence-corrected chi connectivity index (χ0v) is 22.0. The molecule has 0 radical (unpaired) electrons. The number of nitrogens with one attached hydrogen (secondary N) is 1. The third-order valence-corrected chi connectivity index (χ3v) is 7.26. The molecule has 5 rings (SSSR count). The molecule has 2 atom stereocenters. The number of ether oxygens (including phenoxy) is 1. The molecule has 3 aromatic rings. The molecule has 1 aliphatic heterocycles. The van der Waals surface area contributed by atoms with Crippen LogP contribution in [0.4, 0.5) is 11.4 Å². The van der Waals surface area contributed by atoms with Crippen LogP contribution in [0.1, 0.15) is 68.9 Å². The quantitative estimate of drug-likeness (QED) is 0.404. The fraction of sp³-hybridized carbons (Fsp3) is 0.312. The van der Waals surface area contributed by atoms with Crippen molar-refractivity contribution in [2.24, 2.45) is 5.41 Å². The predicted octanol–water partition coefficient (Wildman–Crippen LogP) is 7.32. The van der Waals surface area contributed by atoms with Crippen molar-refractivity contribution < 1.29 is 14.3 Å². The lowest BCUT2D eigenvalue weighted by Crippen LogP contribution is -2.39. The molecule has 37 heavy (non-hydrogen) atoms. The zero-order chi connectivity index (χ0) is 26.2. The Bertz CT molecular complexity index is 1360. The molecule has 0 saturated carbocycles. The Kier molecular flexibility index (Phi) is 6.63. The number of benzene rings is 3. The minimum atomic E-state index is -0.636. The van der Waals surface area contributed by atoms with Crippen LogP contribution < -0.4 is 15.0 Å². The molecule has 5 heteroatoms. The Hall–Kier alpha value is -3.86. The Labute approximate surface area is 219 Å². The van der Waals surface area contributed by atoms with Crippen LogP contribution in [0, 0.1) is 5.41 Å². The van der Waals surface area contributed by atoms with Crippen molar-refractivity contribution in [1.29, 1.82) is 0 Å². The first-order valence-electron chi connectivity index (χ1n) is 13.1. The normalized spacial score (nSPS) is 19.3. The molecule has 1 aliphatic carbocycles. The van der Waals surface area contributed by atoms with Gasteiger partial charge in [-0.1, -0.05) is 69.3 Å². The molecule has 5 nitrogen and oxygen atoms in total.